The molecule has 0 aliphatic carbocycles. The van der Waals surface area contributed by atoms with Crippen LogP contribution >= 0.6 is 11.3 Å². The first kappa shape index (κ1) is 12.9. The standard InChI is InChI=1S/C10H17N3O2S/c1-2-8(3-4-9(14)15)5-6-11-10-13-12-7-16-10/h7-8H,2-6H2,1H3,(H,11,13)(H,14,15). The minimum Gasteiger partial charge on any atom is -0.481 e. The fraction of sp³-hybridized carbons (Fsp3) is 0.700. The second-order valence-electron chi connectivity index (χ2n) is 3.67. The van der Waals surface area contributed by atoms with Gasteiger partial charge < -0.3 is 10.4 Å². The Morgan fingerprint density at radius 2 is 2.44 bits per heavy atom. The number of rotatable bonds is 8. The molecule has 1 unspecified atom stereocenters. The number of aromatic nitrogens is 2. The van der Waals surface area contributed by atoms with Gasteiger partial charge in [0.1, 0.15) is 5.51 Å². The number of nitrogens with one attached hydrogen (secondary N) is 1. The number of hydrogen-bond acceptors (Lipinski definition) is 5. The Morgan fingerprint density at radius 3 is 3.00 bits per heavy atom. The Kier molecular flexibility index (Phi) is 5.77. The summed E-state index contributed by atoms with van der Waals surface area (Å²) >= 11 is 1.47. The molecular formula is C10H17N3O2S. The third kappa shape index (κ3) is 5.06. The van der Waals surface area contributed by atoms with Gasteiger partial charge in [-0.05, 0) is 18.8 Å². The molecule has 90 valence electrons. The SMILES string of the molecule is CCC(CCNc1nncs1)CCC(=O)O. The zero-order valence-corrected chi connectivity index (χ0v) is 10.2. The summed E-state index contributed by atoms with van der Waals surface area (Å²) in [7, 11) is 0. The highest BCUT2D eigenvalue weighted by molar-refractivity contribution is 7.13. The van der Waals surface area contributed by atoms with Crippen LogP contribution in [0.3, 0.4) is 0 Å². The second kappa shape index (κ2) is 7.16. The summed E-state index contributed by atoms with van der Waals surface area (Å²) in [6.45, 7) is 2.92. The van der Waals surface area contributed by atoms with Crippen molar-refractivity contribution in [2.45, 2.75) is 32.6 Å². The van der Waals surface area contributed by atoms with E-state index in [-0.39, 0.29) is 6.42 Å². The maximum Gasteiger partial charge on any atom is 0.303 e. The molecule has 0 spiro atoms. The van der Waals surface area contributed by atoms with Crippen LogP contribution in [0.15, 0.2) is 5.51 Å². The van der Waals surface area contributed by atoms with Gasteiger partial charge in [-0.2, -0.15) is 0 Å². The number of aliphatic carboxylic acids is 1. The highest BCUT2D eigenvalue weighted by atomic mass is 32.1. The van der Waals surface area contributed by atoms with Crippen LogP contribution < -0.4 is 5.32 Å². The first-order chi connectivity index (χ1) is 7.72. The first-order valence-electron chi connectivity index (χ1n) is 5.44. The van der Waals surface area contributed by atoms with E-state index >= 15 is 0 Å². The van der Waals surface area contributed by atoms with Crippen molar-refractivity contribution in [3.63, 3.8) is 0 Å². The van der Waals surface area contributed by atoms with E-state index in [0.717, 1.165) is 30.9 Å². The van der Waals surface area contributed by atoms with E-state index in [0.29, 0.717) is 5.92 Å². The van der Waals surface area contributed by atoms with E-state index in [4.69, 9.17) is 5.11 Å². The van der Waals surface area contributed by atoms with Gasteiger partial charge in [-0.3, -0.25) is 4.79 Å². The van der Waals surface area contributed by atoms with Crippen molar-refractivity contribution in [2.75, 3.05) is 11.9 Å². The number of carboxylic acids is 1. The molecule has 1 rings (SSSR count). The Balaban J connectivity index is 2.16. The van der Waals surface area contributed by atoms with Crippen molar-refractivity contribution in [1.29, 1.82) is 0 Å². The minimum atomic E-state index is -0.712. The normalized spacial score (nSPS) is 12.3. The molecule has 2 N–H and O–H groups in total. The summed E-state index contributed by atoms with van der Waals surface area (Å²) in [4.78, 5) is 10.4. The molecule has 6 heteroatoms. The third-order valence-corrected chi connectivity index (χ3v) is 3.18. The molecule has 5 nitrogen and oxygen atoms in total. The quantitative estimate of drug-likeness (QED) is 0.732. The number of nitrogens with zero attached hydrogens (tertiary/aromatic N) is 2. The highest BCUT2D eigenvalue weighted by Crippen LogP contribution is 2.16. The molecule has 0 bridgehead atoms. The lowest BCUT2D eigenvalue weighted by Crippen LogP contribution is -2.10. The number of hydrogen-bond donors (Lipinski definition) is 2. The molecular weight excluding hydrogens is 226 g/mol. The molecule has 0 saturated carbocycles. The Bertz CT molecular complexity index is 303. The van der Waals surface area contributed by atoms with Gasteiger partial charge in [0.2, 0.25) is 5.13 Å². The largest absolute Gasteiger partial charge is 0.481 e. The maximum absolute atomic E-state index is 10.4. The molecule has 0 fully saturated rings. The zero-order valence-electron chi connectivity index (χ0n) is 9.35. The molecule has 0 aliphatic rings. The second-order valence-corrected chi connectivity index (χ2v) is 4.50. The van der Waals surface area contributed by atoms with E-state index in [1.165, 1.54) is 11.3 Å². The van der Waals surface area contributed by atoms with Crippen LogP contribution in [0.1, 0.15) is 32.6 Å². The van der Waals surface area contributed by atoms with E-state index in [1.54, 1.807) is 5.51 Å². The van der Waals surface area contributed by atoms with E-state index in [9.17, 15) is 4.79 Å². The van der Waals surface area contributed by atoms with Crippen LogP contribution in [-0.2, 0) is 4.79 Å². The van der Waals surface area contributed by atoms with Gasteiger partial charge in [0, 0.05) is 13.0 Å². The molecule has 0 amide bonds. The number of anilines is 1. The lowest BCUT2D eigenvalue weighted by Gasteiger charge is -2.13. The first-order valence-corrected chi connectivity index (χ1v) is 6.32. The van der Waals surface area contributed by atoms with Gasteiger partial charge in [-0.15, -0.1) is 10.2 Å². The molecule has 0 aromatic carbocycles. The van der Waals surface area contributed by atoms with Gasteiger partial charge >= 0.3 is 5.97 Å². The van der Waals surface area contributed by atoms with Gasteiger partial charge in [0.25, 0.3) is 0 Å². The van der Waals surface area contributed by atoms with Gasteiger partial charge in [0.05, 0.1) is 0 Å². The molecule has 16 heavy (non-hydrogen) atoms. The molecule has 1 aromatic heterocycles. The van der Waals surface area contributed by atoms with E-state index in [1.807, 2.05) is 0 Å². The summed E-state index contributed by atoms with van der Waals surface area (Å²) in [5, 5.41) is 20.2. The summed E-state index contributed by atoms with van der Waals surface area (Å²) < 4.78 is 0. The predicted molar refractivity (Wildman–Crippen MR) is 63.7 cm³/mol. The van der Waals surface area contributed by atoms with Crippen molar-refractivity contribution in [3.05, 3.63) is 5.51 Å². The van der Waals surface area contributed by atoms with Crippen LogP contribution in [0.2, 0.25) is 0 Å². The summed E-state index contributed by atoms with van der Waals surface area (Å²) in [6, 6.07) is 0. The maximum atomic E-state index is 10.4. The van der Waals surface area contributed by atoms with Crippen LogP contribution in [0.5, 0.6) is 0 Å². The zero-order chi connectivity index (χ0) is 11.8. The fourth-order valence-electron chi connectivity index (χ4n) is 1.51. The van der Waals surface area contributed by atoms with Gasteiger partial charge in [-0.25, -0.2) is 0 Å². The molecule has 1 atom stereocenters. The summed E-state index contributed by atoms with van der Waals surface area (Å²) in [5.74, 6) is -0.243. The highest BCUT2D eigenvalue weighted by Gasteiger charge is 2.08. The van der Waals surface area contributed by atoms with Crippen LogP contribution in [0, 0.1) is 5.92 Å². The fourth-order valence-corrected chi connectivity index (χ4v) is 1.99. The van der Waals surface area contributed by atoms with Crippen molar-refractivity contribution in [3.8, 4) is 0 Å². The molecule has 0 saturated heterocycles. The molecule has 0 aliphatic heterocycles. The topological polar surface area (TPSA) is 75.1 Å². The molecule has 0 radical (unpaired) electrons. The van der Waals surface area contributed by atoms with Crippen LogP contribution in [0.4, 0.5) is 5.13 Å². The smallest absolute Gasteiger partial charge is 0.303 e. The van der Waals surface area contributed by atoms with Crippen LogP contribution in [0.25, 0.3) is 0 Å². The lowest BCUT2D eigenvalue weighted by atomic mass is 9.97. The van der Waals surface area contributed by atoms with Crippen molar-refractivity contribution >= 4 is 22.4 Å². The third-order valence-electron chi connectivity index (χ3n) is 2.53. The van der Waals surface area contributed by atoms with Crippen LogP contribution in [-0.4, -0.2) is 27.8 Å². The van der Waals surface area contributed by atoms with Gasteiger partial charge in [-0.1, -0.05) is 24.7 Å². The van der Waals surface area contributed by atoms with E-state index in [2.05, 4.69) is 22.4 Å². The molecule has 1 heterocycles. The predicted octanol–water partition coefficient (Wildman–Crippen LogP) is 2.23. The Labute approximate surface area is 98.9 Å². The van der Waals surface area contributed by atoms with Crippen molar-refractivity contribution in [1.82, 2.24) is 10.2 Å². The summed E-state index contributed by atoms with van der Waals surface area (Å²) in [6.07, 6.45) is 3.01. The minimum absolute atomic E-state index is 0.261. The summed E-state index contributed by atoms with van der Waals surface area (Å²) in [5.41, 5.74) is 1.68. The monoisotopic (exact) mass is 243 g/mol. The van der Waals surface area contributed by atoms with Crippen molar-refractivity contribution < 1.29 is 9.90 Å². The Morgan fingerprint density at radius 1 is 1.62 bits per heavy atom. The number of carboxylic acid groups (broad SMARTS) is 1. The van der Waals surface area contributed by atoms with E-state index < -0.39 is 5.97 Å². The van der Waals surface area contributed by atoms with Crippen molar-refractivity contribution in [2.24, 2.45) is 5.92 Å². The van der Waals surface area contributed by atoms with Gasteiger partial charge in [0.15, 0.2) is 0 Å². The molecule has 1 aromatic rings. The Hall–Kier alpha value is -1.17. The average Bonchev–Trinajstić information content (AvgIpc) is 2.75. The average molecular weight is 243 g/mol. The number of carbonyl (C=O) groups is 1. The lowest BCUT2D eigenvalue weighted by molar-refractivity contribution is -0.137.